The number of amides is 2. The van der Waals surface area contributed by atoms with Gasteiger partial charge in [-0.15, -0.1) is 0 Å². The van der Waals surface area contributed by atoms with Gasteiger partial charge in [-0.3, -0.25) is 0 Å². The topological polar surface area (TPSA) is 32.3 Å². The van der Waals surface area contributed by atoms with Gasteiger partial charge in [0.05, 0.1) is 0 Å². The van der Waals surface area contributed by atoms with Crippen LogP contribution >= 0.6 is 0 Å². The number of carbonyl (C=O) groups excluding carboxylic acids is 1. The lowest BCUT2D eigenvalue weighted by molar-refractivity contribution is 0.148. The summed E-state index contributed by atoms with van der Waals surface area (Å²) in [5.74, 6) is -1.00. The van der Waals surface area contributed by atoms with Crippen molar-refractivity contribution in [1.82, 2.24) is 10.2 Å². The molecule has 0 aliphatic carbocycles. The third-order valence-electron chi connectivity index (χ3n) is 3.80. The zero-order valence-electron chi connectivity index (χ0n) is 11.7. The Balaban J connectivity index is 1.95. The summed E-state index contributed by atoms with van der Waals surface area (Å²) in [6.45, 7) is 2.80. The van der Waals surface area contributed by atoms with E-state index in [4.69, 9.17) is 0 Å². The molecule has 1 N–H and O–H groups in total. The molecule has 1 aromatic carbocycles. The number of hydrogen-bond acceptors (Lipinski definition) is 1. The number of hydrogen-bond donors (Lipinski definition) is 1. The summed E-state index contributed by atoms with van der Waals surface area (Å²) in [4.78, 5) is 13.9. The predicted molar refractivity (Wildman–Crippen MR) is 73.2 cm³/mol. The van der Waals surface area contributed by atoms with Gasteiger partial charge in [-0.25, -0.2) is 13.6 Å². The van der Waals surface area contributed by atoms with Gasteiger partial charge in [0.2, 0.25) is 0 Å². The number of rotatable bonds is 3. The quantitative estimate of drug-likeness (QED) is 0.905. The number of benzene rings is 1. The molecule has 0 aromatic heterocycles. The Hall–Kier alpha value is -1.65. The molecule has 1 aromatic rings. The van der Waals surface area contributed by atoms with Crippen LogP contribution < -0.4 is 5.32 Å². The van der Waals surface area contributed by atoms with Crippen LogP contribution in [0.4, 0.5) is 13.6 Å². The fraction of sp³-hybridized carbons (Fsp3) is 0.533. The molecule has 2 amide bonds. The van der Waals surface area contributed by atoms with E-state index in [1.165, 1.54) is 0 Å². The summed E-state index contributed by atoms with van der Waals surface area (Å²) in [5.41, 5.74) is 0.170. The third kappa shape index (κ3) is 3.46. The molecular weight excluding hydrogens is 262 g/mol. The fourth-order valence-electron chi connectivity index (χ4n) is 2.64. The second-order valence-corrected chi connectivity index (χ2v) is 5.15. The fourth-order valence-corrected chi connectivity index (χ4v) is 2.64. The molecule has 0 spiro atoms. The molecule has 1 saturated heterocycles. The van der Waals surface area contributed by atoms with Gasteiger partial charge in [0.15, 0.2) is 0 Å². The molecule has 1 heterocycles. The van der Waals surface area contributed by atoms with E-state index in [0.29, 0.717) is 0 Å². The van der Waals surface area contributed by atoms with Crippen LogP contribution in [0.1, 0.15) is 38.2 Å². The lowest BCUT2D eigenvalue weighted by Crippen LogP contribution is -2.48. The van der Waals surface area contributed by atoms with Gasteiger partial charge in [0.1, 0.15) is 11.6 Å². The maximum Gasteiger partial charge on any atom is 0.317 e. The van der Waals surface area contributed by atoms with E-state index < -0.39 is 11.6 Å². The average Bonchev–Trinajstić information content (AvgIpc) is 2.47. The van der Waals surface area contributed by atoms with Crippen LogP contribution in [0.3, 0.4) is 0 Å². The number of likely N-dealkylation sites (tertiary alicyclic amines) is 1. The normalized spacial score (nSPS) is 18.9. The highest BCUT2D eigenvalue weighted by Gasteiger charge is 2.25. The summed E-state index contributed by atoms with van der Waals surface area (Å²) in [7, 11) is 0. The zero-order valence-corrected chi connectivity index (χ0v) is 11.7. The third-order valence-corrected chi connectivity index (χ3v) is 3.80. The smallest absolute Gasteiger partial charge is 0.317 e. The minimum Gasteiger partial charge on any atom is -0.334 e. The van der Waals surface area contributed by atoms with Crippen molar-refractivity contribution in [2.24, 2.45) is 0 Å². The van der Waals surface area contributed by atoms with Gasteiger partial charge in [-0.2, -0.15) is 0 Å². The van der Waals surface area contributed by atoms with Gasteiger partial charge in [-0.1, -0.05) is 6.92 Å². The highest BCUT2D eigenvalue weighted by molar-refractivity contribution is 5.74. The summed E-state index contributed by atoms with van der Waals surface area (Å²) in [6.07, 6.45) is 4.07. The molecule has 5 heteroatoms. The van der Waals surface area contributed by atoms with Crippen LogP contribution in [0.5, 0.6) is 0 Å². The van der Waals surface area contributed by atoms with Crippen molar-refractivity contribution in [3.8, 4) is 0 Å². The average molecular weight is 282 g/mol. The lowest BCUT2D eigenvalue weighted by atomic mass is 10.0. The number of carbonyl (C=O) groups is 1. The SMILES string of the molecule is CCC1CCCCN1C(=O)NCc1cc(F)ccc1F. The van der Waals surface area contributed by atoms with Crippen molar-refractivity contribution in [3.63, 3.8) is 0 Å². The van der Waals surface area contributed by atoms with Gasteiger partial charge in [-0.05, 0) is 43.9 Å². The summed E-state index contributed by atoms with van der Waals surface area (Å²) in [6, 6.07) is 3.31. The van der Waals surface area contributed by atoms with E-state index >= 15 is 0 Å². The van der Waals surface area contributed by atoms with Crippen molar-refractivity contribution in [1.29, 1.82) is 0 Å². The second kappa shape index (κ2) is 6.68. The molecule has 20 heavy (non-hydrogen) atoms. The highest BCUT2D eigenvalue weighted by Crippen LogP contribution is 2.19. The van der Waals surface area contributed by atoms with Crippen LogP contribution in [-0.2, 0) is 6.54 Å². The van der Waals surface area contributed by atoms with Crippen LogP contribution in [-0.4, -0.2) is 23.5 Å². The molecule has 0 bridgehead atoms. The summed E-state index contributed by atoms with van der Waals surface area (Å²) < 4.78 is 26.5. The first kappa shape index (κ1) is 14.8. The number of nitrogens with zero attached hydrogens (tertiary/aromatic N) is 1. The Bertz CT molecular complexity index is 479. The van der Waals surface area contributed by atoms with Crippen LogP contribution in [0.25, 0.3) is 0 Å². The maximum absolute atomic E-state index is 13.5. The number of nitrogens with one attached hydrogen (secondary N) is 1. The largest absolute Gasteiger partial charge is 0.334 e. The Morgan fingerprint density at radius 2 is 2.20 bits per heavy atom. The zero-order chi connectivity index (χ0) is 14.5. The molecule has 1 fully saturated rings. The Morgan fingerprint density at radius 3 is 2.95 bits per heavy atom. The van der Waals surface area contributed by atoms with Crippen LogP contribution in [0, 0.1) is 11.6 Å². The summed E-state index contributed by atoms with van der Waals surface area (Å²) >= 11 is 0. The molecule has 2 rings (SSSR count). The molecule has 0 saturated carbocycles. The lowest BCUT2D eigenvalue weighted by Gasteiger charge is -2.35. The van der Waals surface area contributed by atoms with E-state index in [9.17, 15) is 13.6 Å². The van der Waals surface area contributed by atoms with Crippen molar-refractivity contribution in [3.05, 3.63) is 35.4 Å². The minimum absolute atomic E-state index is 0.00929. The van der Waals surface area contributed by atoms with Gasteiger partial charge in [0, 0.05) is 24.7 Å². The Morgan fingerprint density at radius 1 is 1.40 bits per heavy atom. The van der Waals surface area contributed by atoms with E-state index in [1.54, 1.807) is 4.90 Å². The highest BCUT2D eigenvalue weighted by atomic mass is 19.1. The molecule has 1 aliphatic rings. The number of piperidine rings is 1. The van der Waals surface area contributed by atoms with Crippen molar-refractivity contribution >= 4 is 6.03 Å². The molecule has 0 radical (unpaired) electrons. The van der Waals surface area contributed by atoms with Crippen molar-refractivity contribution in [2.75, 3.05) is 6.54 Å². The second-order valence-electron chi connectivity index (χ2n) is 5.15. The Labute approximate surface area is 118 Å². The maximum atomic E-state index is 13.5. The monoisotopic (exact) mass is 282 g/mol. The van der Waals surface area contributed by atoms with Gasteiger partial charge in [0.25, 0.3) is 0 Å². The molecule has 1 aliphatic heterocycles. The van der Waals surface area contributed by atoms with Crippen LogP contribution in [0.15, 0.2) is 18.2 Å². The number of urea groups is 1. The van der Waals surface area contributed by atoms with Gasteiger partial charge >= 0.3 is 6.03 Å². The molecular formula is C15H20F2N2O. The number of halogens is 2. The Kier molecular flexibility index (Phi) is 4.93. The first-order valence-electron chi connectivity index (χ1n) is 7.10. The first-order valence-corrected chi connectivity index (χ1v) is 7.10. The van der Waals surface area contributed by atoms with Gasteiger partial charge < -0.3 is 10.2 Å². The molecule has 1 atom stereocenters. The van der Waals surface area contributed by atoms with E-state index in [-0.39, 0.29) is 24.2 Å². The van der Waals surface area contributed by atoms with E-state index in [2.05, 4.69) is 12.2 Å². The van der Waals surface area contributed by atoms with Crippen LogP contribution in [0.2, 0.25) is 0 Å². The first-order chi connectivity index (χ1) is 9.61. The minimum atomic E-state index is -0.502. The molecule has 110 valence electrons. The molecule has 3 nitrogen and oxygen atoms in total. The van der Waals surface area contributed by atoms with Crippen molar-refractivity contribution in [2.45, 2.75) is 45.2 Å². The predicted octanol–water partition coefficient (Wildman–Crippen LogP) is 3.44. The standard InChI is InChI=1S/C15H20F2N2O/c1-2-13-5-3-4-8-19(13)15(20)18-10-11-9-12(16)6-7-14(11)17/h6-7,9,13H,2-5,8,10H2,1H3,(H,18,20). The molecule has 1 unspecified atom stereocenters. The van der Waals surface area contributed by atoms with Crippen molar-refractivity contribution < 1.29 is 13.6 Å². The van der Waals surface area contributed by atoms with E-state index in [1.807, 2.05) is 0 Å². The summed E-state index contributed by atoms with van der Waals surface area (Å²) in [5, 5.41) is 2.68. The van der Waals surface area contributed by atoms with E-state index in [0.717, 1.165) is 50.4 Å².